The molecule has 0 aliphatic carbocycles. The quantitative estimate of drug-likeness (QED) is 0.197. The smallest absolute Gasteiger partial charge is 0.260 e. The minimum Gasteiger partial charge on any atom is -0.606 e. The number of ether oxygens (including phenoxy) is 1. The third-order valence-corrected chi connectivity index (χ3v) is 9.15. The molecular formula is C29H27ClN4O4S2. The molecule has 1 aliphatic rings. The fourth-order valence-corrected chi connectivity index (χ4v) is 6.71. The van der Waals surface area contributed by atoms with Crippen LogP contribution in [-0.2, 0) is 17.7 Å². The molecular weight excluding hydrogens is 568 g/mol. The van der Waals surface area contributed by atoms with Gasteiger partial charge in [0.15, 0.2) is 9.79 Å². The van der Waals surface area contributed by atoms with Gasteiger partial charge in [-0.15, -0.1) is 11.3 Å². The number of benzene rings is 3. The van der Waals surface area contributed by atoms with Crippen molar-refractivity contribution in [2.24, 2.45) is 0 Å². The van der Waals surface area contributed by atoms with E-state index in [4.69, 9.17) is 16.3 Å². The van der Waals surface area contributed by atoms with Gasteiger partial charge in [-0.2, -0.15) is 0 Å². The first kappa shape index (κ1) is 28.1. The van der Waals surface area contributed by atoms with E-state index in [0.717, 1.165) is 34.2 Å². The first-order valence-corrected chi connectivity index (χ1v) is 14.9. The Morgan fingerprint density at radius 3 is 2.67 bits per heavy atom. The zero-order valence-electron chi connectivity index (χ0n) is 21.9. The van der Waals surface area contributed by atoms with Gasteiger partial charge >= 0.3 is 0 Å². The summed E-state index contributed by atoms with van der Waals surface area (Å²) in [6.07, 6.45) is 2.68. The van der Waals surface area contributed by atoms with E-state index in [1.165, 1.54) is 17.4 Å². The van der Waals surface area contributed by atoms with Crippen LogP contribution in [0, 0.1) is 0 Å². The van der Waals surface area contributed by atoms with E-state index in [2.05, 4.69) is 20.5 Å². The maximum Gasteiger partial charge on any atom is 0.260 e. The van der Waals surface area contributed by atoms with Gasteiger partial charge in [-0.3, -0.25) is 9.59 Å². The molecule has 1 atom stereocenters. The van der Waals surface area contributed by atoms with Crippen LogP contribution >= 0.6 is 22.9 Å². The molecule has 1 aromatic heterocycles. The number of fused-ring (bicyclic) bond motifs is 2. The van der Waals surface area contributed by atoms with E-state index in [-0.39, 0.29) is 22.8 Å². The minimum absolute atomic E-state index is 0.0403. The number of carbonyl (C=O) groups excluding carboxylic acids is 2. The molecule has 8 nitrogen and oxygen atoms in total. The molecule has 0 bridgehead atoms. The molecule has 1 unspecified atom stereocenters. The molecule has 0 radical (unpaired) electrons. The summed E-state index contributed by atoms with van der Waals surface area (Å²) in [6, 6.07) is 17.6. The van der Waals surface area contributed by atoms with Crippen molar-refractivity contribution in [1.29, 1.82) is 0 Å². The van der Waals surface area contributed by atoms with Crippen LogP contribution in [0.2, 0.25) is 5.02 Å². The second-order valence-electron chi connectivity index (χ2n) is 9.36. The summed E-state index contributed by atoms with van der Waals surface area (Å²) in [5.74, 6) is -0.0309. The Balaban J connectivity index is 1.23. The van der Waals surface area contributed by atoms with Crippen molar-refractivity contribution in [2.45, 2.75) is 22.8 Å². The lowest BCUT2D eigenvalue weighted by molar-refractivity contribution is 0.0950. The summed E-state index contributed by atoms with van der Waals surface area (Å²) in [7, 11) is 4.08. The lowest BCUT2D eigenvalue weighted by Crippen LogP contribution is -2.23. The fraction of sp³-hybridized carbons (Fsp3) is 0.207. The monoisotopic (exact) mass is 594 g/mol. The van der Waals surface area contributed by atoms with Crippen LogP contribution in [-0.4, -0.2) is 53.5 Å². The van der Waals surface area contributed by atoms with E-state index >= 15 is 0 Å². The molecule has 3 aromatic carbocycles. The number of nitrogens with one attached hydrogen (secondary N) is 2. The molecule has 0 fully saturated rings. The molecule has 0 saturated carbocycles. The molecule has 4 aromatic rings. The van der Waals surface area contributed by atoms with Crippen molar-refractivity contribution < 1.29 is 18.9 Å². The van der Waals surface area contributed by atoms with E-state index in [0.29, 0.717) is 22.0 Å². The number of amides is 2. The number of aromatic nitrogens is 1. The van der Waals surface area contributed by atoms with Gasteiger partial charge in [0.25, 0.3) is 11.8 Å². The van der Waals surface area contributed by atoms with Gasteiger partial charge < -0.3 is 24.8 Å². The number of nitrogens with zero attached hydrogens (tertiary/aromatic N) is 2. The predicted octanol–water partition coefficient (Wildman–Crippen LogP) is 5.46. The minimum atomic E-state index is -1.63. The summed E-state index contributed by atoms with van der Waals surface area (Å²) in [6.45, 7) is 1.88. The van der Waals surface area contributed by atoms with Crippen molar-refractivity contribution in [3.63, 3.8) is 0 Å². The molecule has 40 heavy (non-hydrogen) atoms. The SMILES string of the molecule is CN(C)CCCOc1ccc(-c2ncc(CNC(=O)c3ccc4c(c3Cl)NC(=O)c3ccccc3[S+]4[O-])s2)cc1. The maximum absolute atomic E-state index is 13.2. The second-order valence-corrected chi connectivity index (χ2v) is 12.3. The standard InChI is InChI=1S/C29H27ClN4O4S2/c1-34(2)14-5-15-38-19-10-8-18(9-11-19)29-32-17-20(39-29)16-31-27(35)22-12-13-24-26(25(22)30)33-28(36)21-6-3-4-7-23(21)40(24)37/h3-4,6-13,17H,5,14-16H2,1-2H3,(H,31,35)(H,33,36). The van der Waals surface area contributed by atoms with Crippen LogP contribution in [0.4, 0.5) is 5.69 Å². The average molecular weight is 595 g/mol. The van der Waals surface area contributed by atoms with Crippen molar-refractivity contribution >= 4 is 51.6 Å². The Morgan fingerprint density at radius 2 is 1.90 bits per heavy atom. The van der Waals surface area contributed by atoms with E-state index in [1.807, 2.05) is 38.4 Å². The van der Waals surface area contributed by atoms with E-state index < -0.39 is 23.0 Å². The van der Waals surface area contributed by atoms with Crippen LogP contribution in [0.25, 0.3) is 10.6 Å². The highest BCUT2D eigenvalue weighted by atomic mass is 35.5. The van der Waals surface area contributed by atoms with Crippen LogP contribution in [0.1, 0.15) is 32.0 Å². The molecule has 2 amide bonds. The highest BCUT2D eigenvalue weighted by Gasteiger charge is 2.33. The highest BCUT2D eigenvalue weighted by Crippen LogP contribution is 2.39. The molecule has 1 aliphatic heterocycles. The Kier molecular flexibility index (Phi) is 8.72. The Morgan fingerprint density at radius 1 is 1.12 bits per heavy atom. The van der Waals surface area contributed by atoms with Gasteiger partial charge in [-0.25, -0.2) is 4.98 Å². The van der Waals surface area contributed by atoms with Gasteiger partial charge in [0.05, 0.1) is 29.3 Å². The van der Waals surface area contributed by atoms with Gasteiger partial charge in [-0.05, 0) is 69.0 Å². The number of carbonyl (C=O) groups is 2. The maximum atomic E-state index is 13.2. The molecule has 2 heterocycles. The number of anilines is 1. The number of hydrogen-bond donors (Lipinski definition) is 2. The summed E-state index contributed by atoms with van der Waals surface area (Å²) in [4.78, 5) is 34.0. The van der Waals surface area contributed by atoms with Crippen LogP contribution in [0.5, 0.6) is 5.75 Å². The van der Waals surface area contributed by atoms with Crippen molar-refractivity contribution in [1.82, 2.24) is 15.2 Å². The molecule has 2 N–H and O–H groups in total. The second kappa shape index (κ2) is 12.4. The Labute approximate surface area is 244 Å². The van der Waals surface area contributed by atoms with Crippen LogP contribution < -0.4 is 15.4 Å². The van der Waals surface area contributed by atoms with Crippen molar-refractivity contribution in [2.75, 3.05) is 32.6 Å². The summed E-state index contributed by atoms with van der Waals surface area (Å²) in [5.41, 5.74) is 1.62. The summed E-state index contributed by atoms with van der Waals surface area (Å²) >= 11 is 6.41. The number of rotatable bonds is 9. The molecule has 0 spiro atoms. The van der Waals surface area contributed by atoms with E-state index in [1.54, 1.807) is 36.5 Å². The largest absolute Gasteiger partial charge is 0.606 e. The van der Waals surface area contributed by atoms with Crippen molar-refractivity contribution in [3.05, 3.63) is 87.9 Å². The zero-order valence-corrected chi connectivity index (χ0v) is 24.3. The molecule has 5 rings (SSSR count). The van der Waals surface area contributed by atoms with Crippen LogP contribution in [0.15, 0.2) is 76.7 Å². The van der Waals surface area contributed by atoms with Gasteiger partial charge in [0.2, 0.25) is 0 Å². The zero-order chi connectivity index (χ0) is 28.2. The molecule has 0 saturated heterocycles. The Hall–Kier alpha value is -3.41. The number of halogens is 1. The lowest BCUT2D eigenvalue weighted by atomic mass is 10.1. The first-order valence-electron chi connectivity index (χ1n) is 12.6. The normalized spacial score (nSPS) is 14.2. The Bertz CT molecular complexity index is 1540. The number of hydrogen-bond acceptors (Lipinski definition) is 7. The highest BCUT2D eigenvalue weighted by molar-refractivity contribution is 7.91. The van der Waals surface area contributed by atoms with Crippen LogP contribution in [0.3, 0.4) is 0 Å². The third kappa shape index (κ3) is 6.16. The number of thiazole rings is 1. The van der Waals surface area contributed by atoms with E-state index in [9.17, 15) is 14.1 Å². The van der Waals surface area contributed by atoms with Crippen molar-refractivity contribution in [3.8, 4) is 16.3 Å². The lowest BCUT2D eigenvalue weighted by Gasteiger charge is -2.14. The molecule has 206 valence electrons. The topological polar surface area (TPSA) is 107 Å². The predicted molar refractivity (Wildman–Crippen MR) is 158 cm³/mol. The average Bonchev–Trinajstić information content (AvgIpc) is 3.40. The van der Waals surface area contributed by atoms with Gasteiger partial charge in [0.1, 0.15) is 16.4 Å². The summed E-state index contributed by atoms with van der Waals surface area (Å²) < 4.78 is 19.0. The molecule has 11 heteroatoms. The first-order chi connectivity index (χ1) is 19.3. The van der Waals surface area contributed by atoms with Gasteiger partial charge in [-0.1, -0.05) is 23.7 Å². The summed E-state index contributed by atoms with van der Waals surface area (Å²) in [5, 5.41) is 6.46. The van der Waals surface area contributed by atoms with Gasteiger partial charge in [0, 0.05) is 34.4 Å². The third-order valence-electron chi connectivity index (χ3n) is 6.21. The fourth-order valence-electron chi connectivity index (χ4n) is 4.17.